The predicted octanol–water partition coefficient (Wildman–Crippen LogP) is 2.48. The Kier molecular flexibility index (Phi) is 5.56. The molecule has 0 bridgehead atoms. The first-order chi connectivity index (χ1) is 9.20. The second-order valence-corrected chi connectivity index (χ2v) is 6.97. The minimum absolute atomic E-state index is 0.0527. The van der Waals surface area contributed by atoms with Crippen molar-refractivity contribution in [3.8, 4) is 0 Å². The van der Waals surface area contributed by atoms with E-state index >= 15 is 0 Å². The van der Waals surface area contributed by atoms with Gasteiger partial charge < -0.3 is 15.7 Å². The maximum atomic E-state index is 11.9. The fourth-order valence-electron chi connectivity index (χ4n) is 1.83. The van der Waals surface area contributed by atoms with Crippen molar-refractivity contribution >= 4 is 23.3 Å². The zero-order chi connectivity index (χ0) is 15.3. The van der Waals surface area contributed by atoms with Gasteiger partial charge >= 0.3 is 12.0 Å². The molecule has 112 valence electrons. The van der Waals surface area contributed by atoms with Crippen LogP contribution in [0.2, 0.25) is 0 Å². The van der Waals surface area contributed by atoms with Gasteiger partial charge in [0.1, 0.15) is 6.04 Å². The van der Waals surface area contributed by atoms with Gasteiger partial charge in [-0.05, 0) is 23.8 Å². The highest BCUT2D eigenvalue weighted by Crippen LogP contribution is 2.19. The lowest BCUT2D eigenvalue weighted by Crippen LogP contribution is -2.53. The van der Waals surface area contributed by atoms with Crippen LogP contribution in [0.1, 0.15) is 32.6 Å². The summed E-state index contributed by atoms with van der Waals surface area (Å²) < 4.78 is 0. The summed E-state index contributed by atoms with van der Waals surface area (Å²) in [4.78, 5) is 24.2. The van der Waals surface area contributed by atoms with E-state index in [1.807, 2.05) is 24.4 Å². The summed E-state index contributed by atoms with van der Waals surface area (Å²) >= 11 is 1.64. The van der Waals surface area contributed by atoms with E-state index in [4.69, 9.17) is 5.11 Å². The van der Waals surface area contributed by atoms with Crippen LogP contribution in [-0.4, -0.2) is 29.2 Å². The highest BCUT2D eigenvalue weighted by molar-refractivity contribution is 7.09. The third-order valence-electron chi connectivity index (χ3n) is 2.85. The van der Waals surface area contributed by atoms with Crippen molar-refractivity contribution in [1.29, 1.82) is 0 Å². The summed E-state index contributed by atoms with van der Waals surface area (Å²) in [6.45, 7) is 7.23. The molecular formula is C14H22N2O3S. The van der Waals surface area contributed by atoms with Crippen LogP contribution in [0, 0.1) is 5.41 Å². The van der Waals surface area contributed by atoms with E-state index in [9.17, 15) is 9.59 Å². The molecule has 0 radical (unpaired) electrons. The lowest BCUT2D eigenvalue weighted by molar-refractivity contribution is -0.141. The lowest BCUT2D eigenvalue weighted by atomic mass is 9.87. The minimum Gasteiger partial charge on any atom is -0.480 e. The van der Waals surface area contributed by atoms with Gasteiger partial charge in [0.05, 0.1) is 0 Å². The maximum absolute atomic E-state index is 11.9. The van der Waals surface area contributed by atoms with Gasteiger partial charge in [-0.3, -0.25) is 0 Å². The number of aliphatic carboxylic acids is 1. The first-order valence-electron chi connectivity index (χ1n) is 6.52. The normalized spacial score (nSPS) is 14.4. The van der Waals surface area contributed by atoms with Crippen LogP contribution in [0.3, 0.4) is 0 Å². The summed E-state index contributed by atoms with van der Waals surface area (Å²) in [6.07, 6.45) is 0.734. The molecule has 0 aliphatic rings. The quantitative estimate of drug-likeness (QED) is 0.781. The molecule has 0 fully saturated rings. The smallest absolute Gasteiger partial charge is 0.326 e. The van der Waals surface area contributed by atoms with Gasteiger partial charge in [0, 0.05) is 17.3 Å². The van der Waals surface area contributed by atoms with Gasteiger partial charge in [0.25, 0.3) is 0 Å². The monoisotopic (exact) mass is 298 g/mol. The maximum Gasteiger partial charge on any atom is 0.326 e. The molecule has 20 heavy (non-hydrogen) atoms. The Morgan fingerprint density at radius 1 is 1.35 bits per heavy atom. The fourth-order valence-corrected chi connectivity index (χ4v) is 2.66. The van der Waals surface area contributed by atoms with E-state index in [0.717, 1.165) is 6.42 Å². The van der Waals surface area contributed by atoms with Gasteiger partial charge in [-0.15, -0.1) is 11.3 Å². The standard InChI is InChI=1S/C14H22N2O3S/c1-9(8-10-6-5-7-20-10)15-13(19)16-11(12(17)18)14(2,3)4/h5-7,9,11H,8H2,1-4H3,(H,17,18)(H2,15,16,19)/t9?,11-/m1/s1. The van der Waals surface area contributed by atoms with Crippen molar-refractivity contribution in [3.63, 3.8) is 0 Å². The number of urea groups is 1. The third-order valence-corrected chi connectivity index (χ3v) is 3.75. The van der Waals surface area contributed by atoms with Crippen LogP contribution in [0.15, 0.2) is 17.5 Å². The first-order valence-corrected chi connectivity index (χ1v) is 7.40. The van der Waals surface area contributed by atoms with Crippen LogP contribution >= 0.6 is 11.3 Å². The van der Waals surface area contributed by atoms with E-state index in [2.05, 4.69) is 10.6 Å². The number of amides is 2. The van der Waals surface area contributed by atoms with Crippen LogP contribution in [0.4, 0.5) is 4.79 Å². The van der Waals surface area contributed by atoms with E-state index in [0.29, 0.717) is 0 Å². The summed E-state index contributed by atoms with van der Waals surface area (Å²) in [5.41, 5.74) is -0.542. The molecule has 1 unspecified atom stereocenters. The Hall–Kier alpha value is -1.56. The fraction of sp³-hybridized carbons (Fsp3) is 0.571. The summed E-state index contributed by atoms with van der Waals surface area (Å²) in [5, 5.41) is 16.4. The van der Waals surface area contributed by atoms with Crippen LogP contribution in [0.25, 0.3) is 0 Å². The molecule has 3 N–H and O–H groups in total. The molecule has 2 amide bonds. The zero-order valence-corrected chi connectivity index (χ0v) is 13.1. The Bertz CT molecular complexity index is 451. The number of carboxylic acid groups (broad SMARTS) is 1. The molecule has 1 aromatic heterocycles. The van der Waals surface area contributed by atoms with E-state index in [1.165, 1.54) is 4.88 Å². The lowest BCUT2D eigenvalue weighted by Gasteiger charge is -2.28. The Morgan fingerprint density at radius 3 is 2.45 bits per heavy atom. The average molecular weight is 298 g/mol. The van der Waals surface area contributed by atoms with Gasteiger partial charge in [0.2, 0.25) is 0 Å². The van der Waals surface area contributed by atoms with Crippen molar-refractivity contribution in [3.05, 3.63) is 22.4 Å². The number of hydrogen-bond donors (Lipinski definition) is 3. The zero-order valence-electron chi connectivity index (χ0n) is 12.3. The second kappa shape index (κ2) is 6.74. The Morgan fingerprint density at radius 2 is 2.00 bits per heavy atom. The van der Waals surface area contributed by atoms with Crippen molar-refractivity contribution in [2.75, 3.05) is 0 Å². The van der Waals surface area contributed by atoms with Gasteiger partial charge in [-0.1, -0.05) is 26.8 Å². The number of carboxylic acids is 1. The third kappa shape index (κ3) is 5.21. The van der Waals surface area contributed by atoms with Gasteiger partial charge in [0.15, 0.2) is 0 Å². The minimum atomic E-state index is -1.03. The van der Waals surface area contributed by atoms with Gasteiger partial charge in [-0.25, -0.2) is 9.59 Å². The number of rotatable bonds is 5. The molecule has 0 aromatic carbocycles. The number of carbonyl (C=O) groups is 2. The van der Waals surface area contributed by atoms with Crippen molar-refractivity contribution in [2.45, 2.75) is 46.2 Å². The van der Waals surface area contributed by atoms with Crippen LogP contribution in [0.5, 0.6) is 0 Å². The SMILES string of the molecule is CC(Cc1cccs1)NC(=O)N[C@H](C(=O)O)C(C)(C)C. The van der Waals surface area contributed by atoms with Crippen molar-refractivity contribution in [2.24, 2.45) is 5.41 Å². The topological polar surface area (TPSA) is 78.4 Å². The predicted molar refractivity (Wildman–Crippen MR) is 80.0 cm³/mol. The van der Waals surface area contributed by atoms with E-state index < -0.39 is 23.5 Å². The molecule has 1 heterocycles. The number of nitrogens with one attached hydrogen (secondary N) is 2. The Labute approximate surface area is 123 Å². The van der Waals surface area contributed by atoms with Crippen LogP contribution in [-0.2, 0) is 11.2 Å². The van der Waals surface area contributed by atoms with Crippen molar-refractivity contribution < 1.29 is 14.7 Å². The van der Waals surface area contributed by atoms with E-state index in [1.54, 1.807) is 32.1 Å². The molecule has 0 spiro atoms. The molecule has 0 aliphatic carbocycles. The summed E-state index contributed by atoms with van der Waals surface area (Å²) in [7, 11) is 0. The molecule has 5 nitrogen and oxygen atoms in total. The average Bonchev–Trinajstić information content (AvgIpc) is 2.76. The molecule has 6 heteroatoms. The molecule has 2 atom stereocenters. The van der Waals surface area contributed by atoms with Crippen molar-refractivity contribution in [1.82, 2.24) is 10.6 Å². The first kappa shape index (κ1) is 16.5. The molecule has 0 saturated carbocycles. The van der Waals surface area contributed by atoms with Gasteiger partial charge in [-0.2, -0.15) is 0 Å². The summed E-state index contributed by atoms with van der Waals surface area (Å²) in [6, 6.07) is 2.55. The molecule has 0 aliphatic heterocycles. The van der Waals surface area contributed by atoms with Crippen LogP contribution < -0.4 is 10.6 Å². The Balaban J connectivity index is 2.51. The molecule has 1 aromatic rings. The molecule has 1 rings (SSSR count). The summed E-state index contributed by atoms with van der Waals surface area (Å²) in [5.74, 6) is -1.03. The molecular weight excluding hydrogens is 276 g/mol. The number of carbonyl (C=O) groups excluding carboxylic acids is 1. The second-order valence-electron chi connectivity index (χ2n) is 5.94. The molecule has 0 saturated heterocycles. The highest BCUT2D eigenvalue weighted by atomic mass is 32.1. The highest BCUT2D eigenvalue weighted by Gasteiger charge is 2.32. The largest absolute Gasteiger partial charge is 0.480 e. The number of hydrogen-bond acceptors (Lipinski definition) is 3. The van der Waals surface area contributed by atoms with E-state index in [-0.39, 0.29) is 6.04 Å². The number of thiophene rings is 1.